The van der Waals surface area contributed by atoms with E-state index < -0.39 is 0 Å². The molecule has 7 nitrogen and oxygen atoms in total. The number of carbonyl (C=O) groups is 1. The SMILES string of the molecule is Cc1cc(NC(=O)CN2CCN(c3ccnc4cc(Cl)ccc34)CC2)nn1C. The second kappa shape index (κ2) is 7.77. The maximum absolute atomic E-state index is 12.3. The van der Waals surface area contributed by atoms with E-state index >= 15 is 0 Å². The van der Waals surface area contributed by atoms with E-state index in [1.807, 2.05) is 50.5 Å². The Balaban J connectivity index is 1.36. The molecule has 0 radical (unpaired) electrons. The highest BCUT2D eigenvalue weighted by atomic mass is 35.5. The quantitative estimate of drug-likeness (QED) is 0.732. The van der Waals surface area contributed by atoms with Crippen LogP contribution in [-0.4, -0.2) is 58.3 Å². The molecule has 1 aliphatic heterocycles. The summed E-state index contributed by atoms with van der Waals surface area (Å²) in [6.07, 6.45) is 1.82. The van der Waals surface area contributed by atoms with Crippen LogP contribution in [0.3, 0.4) is 0 Å². The maximum Gasteiger partial charge on any atom is 0.239 e. The van der Waals surface area contributed by atoms with E-state index in [0.717, 1.165) is 48.5 Å². The van der Waals surface area contributed by atoms with Crippen LogP contribution in [0.15, 0.2) is 36.5 Å². The van der Waals surface area contributed by atoms with Crippen molar-refractivity contribution < 1.29 is 4.79 Å². The molecule has 0 aliphatic carbocycles. The van der Waals surface area contributed by atoms with E-state index in [0.29, 0.717) is 17.4 Å². The molecular weight excluding hydrogens is 376 g/mol. The standard InChI is InChI=1S/C20H23ClN6O/c1-14-11-19(24-25(14)2)23-20(28)13-26-7-9-27(10-8-26)18-5-6-22-17-12-15(21)3-4-16(17)18/h3-6,11-12H,7-10,13H2,1-2H3,(H,23,24,28). The number of rotatable bonds is 4. The number of pyridine rings is 1. The van der Waals surface area contributed by atoms with Crippen molar-refractivity contribution in [2.24, 2.45) is 7.05 Å². The van der Waals surface area contributed by atoms with Crippen molar-refractivity contribution in [1.29, 1.82) is 0 Å². The van der Waals surface area contributed by atoms with Crippen LogP contribution < -0.4 is 10.2 Å². The lowest BCUT2D eigenvalue weighted by atomic mass is 10.1. The highest BCUT2D eigenvalue weighted by Crippen LogP contribution is 2.28. The fourth-order valence-electron chi connectivity index (χ4n) is 3.54. The van der Waals surface area contributed by atoms with Gasteiger partial charge in [0, 0.05) is 67.3 Å². The number of nitrogens with one attached hydrogen (secondary N) is 1. The van der Waals surface area contributed by atoms with Gasteiger partial charge in [0.1, 0.15) is 0 Å². The summed E-state index contributed by atoms with van der Waals surface area (Å²) in [5, 5.41) is 8.94. The third kappa shape index (κ3) is 3.95. The molecule has 0 atom stereocenters. The van der Waals surface area contributed by atoms with Crippen LogP contribution in [0.25, 0.3) is 10.9 Å². The van der Waals surface area contributed by atoms with Gasteiger partial charge >= 0.3 is 0 Å². The van der Waals surface area contributed by atoms with E-state index in [1.165, 1.54) is 0 Å². The van der Waals surface area contributed by atoms with Crippen LogP contribution >= 0.6 is 11.6 Å². The molecule has 4 rings (SSSR count). The summed E-state index contributed by atoms with van der Waals surface area (Å²) < 4.78 is 1.75. The second-order valence-electron chi connectivity index (χ2n) is 7.10. The molecule has 0 unspecified atom stereocenters. The van der Waals surface area contributed by atoms with Gasteiger partial charge in [0.2, 0.25) is 5.91 Å². The first kappa shape index (κ1) is 18.7. The van der Waals surface area contributed by atoms with E-state index in [1.54, 1.807) is 4.68 Å². The molecule has 1 fully saturated rings. The average Bonchev–Trinajstić information content (AvgIpc) is 2.98. The zero-order valence-corrected chi connectivity index (χ0v) is 16.8. The highest BCUT2D eigenvalue weighted by Gasteiger charge is 2.21. The number of benzene rings is 1. The third-order valence-electron chi connectivity index (χ3n) is 5.14. The van der Waals surface area contributed by atoms with Gasteiger partial charge in [-0.1, -0.05) is 11.6 Å². The number of carbonyl (C=O) groups excluding carboxylic acids is 1. The fraction of sp³-hybridized carbons (Fsp3) is 0.350. The van der Waals surface area contributed by atoms with Gasteiger partial charge in [0.05, 0.1) is 12.1 Å². The van der Waals surface area contributed by atoms with Crippen molar-refractivity contribution in [2.45, 2.75) is 6.92 Å². The average molecular weight is 399 g/mol. The normalized spacial score (nSPS) is 15.2. The van der Waals surface area contributed by atoms with Gasteiger partial charge in [0.15, 0.2) is 5.82 Å². The zero-order valence-electron chi connectivity index (χ0n) is 16.0. The number of piperazine rings is 1. The number of nitrogens with zero attached hydrogens (tertiary/aromatic N) is 5. The van der Waals surface area contributed by atoms with E-state index in [-0.39, 0.29) is 5.91 Å². The Bertz CT molecular complexity index is 990. The largest absolute Gasteiger partial charge is 0.368 e. The Labute approximate surface area is 168 Å². The number of hydrogen-bond acceptors (Lipinski definition) is 5. The predicted molar refractivity (Wildman–Crippen MR) is 112 cm³/mol. The first-order valence-corrected chi connectivity index (χ1v) is 9.69. The molecule has 0 spiro atoms. The van der Waals surface area contributed by atoms with Gasteiger partial charge in [0.25, 0.3) is 0 Å². The van der Waals surface area contributed by atoms with Crippen LogP contribution in [0, 0.1) is 6.92 Å². The molecular formula is C20H23ClN6O. The Hall–Kier alpha value is -2.64. The van der Waals surface area contributed by atoms with Crippen LogP contribution in [0.1, 0.15) is 5.69 Å². The summed E-state index contributed by atoms with van der Waals surface area (Å²) in [5.74, 6) is 0.570. The first-order chi connectivity index (χ1) is 13.5. The van der Waals surface area contributed by atoms with Crippen LogP contribution in [0.5, 0.6) is 0 Å². The lowest BCUT2D eigenvalue weighted by Crippen LogP contribution is -2.48. The zero-order chi connectivity index (χ0) is 19.7. The lowest BCUT2D eigenvalue weighted by molar-refractivity contribution is -0.117. The molecule has 28 heavy (non-hydrogen) atoms. The maximum atomic E-state index is 12.3. The fourth-order valence-corrected chi connectivity index (χ4v) is 3.70. The molecule has 146 valence electrons. The molecule has 1 aliphatic rings. The van der Waals surface area contributed by atoms with Crippen molar-refractivity contribution in [3.8, 4) is 0 Å². The van der Waals surface area contributed by atoms with Gasteiger partial charge in [-0.2, -0.15) is 5.10 Å². The number of fused-ring (bicyclic) bond motifs is 1. The predicted octanol–water partition coefficient (Wildman–Crippen LogP) is 2.69. The molecule has 1 amide bonds. The minimum absolute atomic E-state index is 0.0319. The Kier molecular flexibility index (Phi) is 5.19. The van der Waals surface area contributed by atoms with E-state index in [9.17, 15) is 4.79 Å². The summed E-state index contributed by atoms with van der Waals surface area (Å²) in [6, 6.07) is 9.72. The molecule has 0 bridgehead atoms. The molecule has 0 saturated carbocycles. The number of amides is 1. The molecule has 8 heteroatoms. The van der Waals surface area contributed by atoms with Crippen LogP contribution in [0.2, 0.25) is 5.02 Å². The minimum atomic E-state index is -0.0319. The topological polar surface area (TPSA) is 66.3 Å². The van der Waals surface area contributed by atoms with E-state index in [2.05, 4.69) is 25.2 Å². The van der Waals surface area contributed by atoms with Crippen molar-refractivity contribution in [3.63, 3.8) is 0 Å². The van der Waals surface area contributed by atoms with Crippen molar-refractivity contribution >= 4 is 39.9 Å². The summed E-state index contributed by atoms with van der Waals surface area (Å²) in [7, 11) is 1.86. The van der Waals surface area contributed by atoms with Gasteiger partial charge in [-0.15, -0.1) is 0 Å². The number of aromatic nitrogens is 3. The number of hydrogen-bond donors (Lipinski definition) is 1. The van der Waals surface area contributed by atoms with Crippen LogP contribution in [0.4, 0.5) is 11.5 Å². The third-order valence-corrected chi connectivity index (χ3v) is 5.38. The summed E-state index contributed by atoms with van der Waals surface area (Å²) >= 11 is 6.09. The minimum Gasteiger partial charge on any atom is -0.368 e. The van der Waals surface area contributed by atoms with Gasteiger partial charge < -0.3 is 10.2 Å². The number of aryl methyl sites for hydroxylation is 2. The molecule has 1 N–H and O–H groups in total. The summed E-state index contributed by atoms with van der Waals surface area (Å²) in [4.78, 5) is 21.3. The highest BCUT2D eigenvalue weighted by molar-refractivity contribution is 6.31. The number of halogens is 1. The molecule has 2 aromatic heterocycles. The van der Waals surface area contributed by atoms with Gasteiger partial charge in [-0.3, -0.25) is 19.4 Å². The molecule has 3 aromatic rings. The van der Waals surface area contributed by atoms with Crippen molar-refractivity contribution in [2.75, 3.05) is 42.9 Å². The Morgan fingerprint density at radius 1 is 1.18 bits per heavy atom. The summed E-state index contributed by atoms with van der Waals surface area (Å²) in [5.41, 5.74) is 3.07. The summed E-state index contributed by atoms with van der Waals surface area (Å²) in [6.45, 7) is 5.70. The smallest absolute Gasteiger partial charge is 0.239 e. The van der Waals surface area contributed by atoms with Gasteiger partial charge in [-0.05, 0) is 31.2 Å². The molecule has 1 saturated heterocycles. The van der Waals surface area contributed by atoms with Crippen molar-refractivity contribution in [1.82, 2.24) is 19.7 Å². The van der Waals surface area contributed by atoms with E-state index in [4.69, 9.17) is 11.6 Å². The Morgan fingerprint density at radius 2 is 1.96 bits per heavy atom. The molecule has 3 heterocycles. The second-order valence-corrected chi connectivity index (χ2v) is 7.53. The monoisotopic (exact) mass is 398 g/mol. The van der Waals surface area contributed by atoms with Crippen LogP contribution in [-0.2, 0) is 11.8 Å². The van der Waals surface area contributed by atoms with Gasteiger partial charge in [-0.25, -0.2) is 0 Å². The van der Waals surface area contributed by atoms with Crippen molar-refractivity contribution in [3.05, 3.63) is 47.2 Å². The number of anilines is 2. The first-order valence-electron chi connectivity index (χ1n) is 9.32. The lowest BCUT2D eigenvalue weighted by Gasteiger charge is -2.36. The Morgan fingerprint density at radius 3 is 2.68 bits per heavy atom. The molecule has 1 aromatic carbocycles.